The Morgan fingerprint density at radius 1 is 1.00 bits per heavy atom. The Labute approximate surface area is 131 Å². The third-order valence-corrected chi connectivity index (χ3v) is 4.40. The van der Waals surface area contributed by atoms with Gasteiger partial charge in [0.1, 0.15) is 24.9 Å². The van der Waals surface area contributed by atoms with Crippen molar-refractivity contribution in [2.45, 2.75) is 76.0 Å². The molecule has 0 saturated carbocycles. The van der Waals surface area contributed by atoms with E-state index in [0.29, 0.717) is 6.54 Å². The maximum atomic E-state index is 10.1. The monoisotopic (exact) mass is 316 g/mol. The fourth-order valence-corrected chi connectivity index (χ4v) is 2.99. The van der Waals surface area contributed by atoms with Gasteiger partial charge >= 0.3 is 0 Å². The maximum Gasteiger partial charge on any atom is 0.290 e. The Balaban J connectivity index is 1.84. The summed E-state index contributed by atoms with van der Waals surface area (Å²) in [5.41, 5.74) is 0. The van der Waals surface area contributed by atoms with Crippen molar-refractivity contribution in [3.8, 4) is 0 Å². The molecule has 0 aromatic heterocycles. The Hall–Kier alpha value is -0.890. The highest BCUT2D eigenvalue weighted by atomic mass is 16.5. The van der Waals surface area contributed by atoms with Crippen LogP contribution < -0.4 is 0 Å². The second kappa shape index (κ2) is 8.10. The molecule has 7 heteroatoms. The molecule has 2 aliphatic rings. The van der Waals surface area contributed by atoms with E-state index in [1.54, 1.807) is 0 Å². The molecular formula is C15H28N2O5. The van der Waals surface area contributed by atoms with Gasteiger partial charge in [-0.3, -0.25) is 4.90 Å². The predicted octanol–water partition coefficient (Wildman–Crippen LogP) is -0.182. The summed E-state index contributed by atoms with van der Waals surface area (Å²) in [6.45, 7) is 2.92. The van der Waals surface area contributed by atoms with Gasteiger partial charge in [0, 0.05) is 6.54 Å². The Kier molecular flexibility index (Phi) is 6.43. The van der Waals surface area contributed by atoms with Gasteiger partial charge in [-0.05, 0) is 6.42 Å². The van der Waals surface area contributed by atoms with E-state index in [1.165, 1.54) is 30.6 Å². The van der Waals surface area contributed by atoms with Crippen LogP contribution in [0.3, 0.4) is 0 Å². The van der Waals surface area contributed by atoms with Gasteiger partial charge in [0.15, 0.2) is 6.23 Å². The quantitative estimate of drug-likeness (QED) is 0.486. The SMILES string of the molecule is CCCCCCCC/N=C1\OC[C@@H]2[C@@H](O)[C@H](O)[C@@H](O)[C@H](O)N12. The molecule has 2 heterocycles. The second-order valence-corrected chi connectivity index (χ2v) is 6.10. The number of hydrogen-bond donors (Lipinski definition) is 4. The predicted molar refractivity (Wildman–Crippen MR) is 81.3 cm³/mol. The molecule has 0 bridgehead atoms. The van der Waals surface area contributed by atoms with Crippen molar-refractivity contribution < 1.29 is 25.2 Å². The van der Waals surface area contributed by atoms with Gasteiger partial charge in [0.2, 0.25) is 0 Å². The molecule has 0 aromatic rings. The van der Waals surface area contributed by atoms with Crippen molar-refractivity contribution in [3.05, 3.63) is 0 Å². The number of rotatable bonds is 7. The molecule has 4 N–H and O–H groups in total. The van der Waals surface area contributed by atoms with Crippen LogP contribution >= 0.6 is 0 Å². The fourth-order valence-electron chi connectivity index (χ4n) is 2.99. The number of aliphatic hydroxyl groups is 4. The number of unbranched alkanes of at least 4 members (excludes halogenated alkanes) is 5. The third-order valence-electron chi connectivity index (χ3n) is 4.40. The molecule has 2 rings (SSSR count). The lowest BCUT2D eigenvalue weighted by atomic mass is 9.94. The van der Waals surface area contributed by atoms with Gasteiger partial charge < -0.3 is 25.2 Å². The zero-order valence-electron chi connectivity index (χ0n) is 13.1. The van der Waals surface area contributed by atoms with Gasteiger partial charge in [-0.15, -0.1) is 0 Å². The molecule has 128 valence electrons. The lowest BCUT2D eigenvalue weighted by molar-refractivity contribution is -0.190. The largest absolute Gasteiger partial charge is 0.463 e. The molecule has 2 aliphatic heterocycles. The van der Waals surface area contributed by atoms with E-state index in [0.717, 1.165) is 12.8 Å². The minimum Gasteiger partial charge on any atom is -0.463 e. The van der Waals surface area contributed by atoms with Gasteiger partial charge in [-0.2, -0.15) is 0 Å². The average molecular weight is 316 g/mol. The molecule has 22 heavy (non-hydrogen) atoms. The first-order valence-electron chi connectivity index (χ1n) is 8.25. The maximum absolute atomic E-state index is 10.1. The van der Waals surface area contributed by atoms with Crippen LogP contribution in [0.4, 0.5) is 0 Å². The van der Waals surface area contributed by atoms with Crippen molar-refractivity contribution in [1.29, 1.82) is 0 Å². The summed E-state index contributed by atoms with van der Waals surface area (Å²) in [6, 6.07) is -0.326. The molecule has 0 unspecified atom stereocenters. The number of nitrogens with zero attached hydrogens (tertiary/aromatic N) is 2. The van der Waals surface area contributed by atoms with Crippen LogP contribution in [0.2, 0.25) is 0 Å². The second-order valence-electron chi connectivity index (χ2n) is 6.10. The van der Waals surface area contributed by atoms with Crippen molar-refractivity contribution in [2.75, 3.05) is 13.2 Å². The summed E-state index contributed by atoms with van der Waals surface area (Å²) in [5, 5.41) is 39.4. The first kappa shape index (κ1) is 17.5. The first-order chi connectivity index (χ1) is 10.6. The lowest BCUT2D eigenvalue weighted by Crippen LogP contribution is -2.65. The first-order valence-corrected chi connectivity index (χ1v) is 8.25. The zero-order chi connectivity index (χ0) is 16.1. The number of piperidine rings is 1. The summed E-state index contributed by atoms with van der Waals surface area (Å²) in [5.74, 6) is 0. The fraction of sp³-hybridized carbons (Fsp3) is 0.933. The van der Waals surface area contributed by atoms with Gasteiger partial charge in [-0.1, -0.05) is 39.0 Å². The van der Waals surface area contributed by atoms with Crippen LogP contribution in [0.15, 0.2) is 4.99 Å². The molecule has 0 radical (unpaired) electrons. The number of amidine groups is 1. The number of fused-ring (bicyclic) bond motifs is 1. The Morgan fingerprint density at radius 3 is 2.41 bits per heavy atom. The molecule has 2 saturated heterocycles. The summed E-state index contributed by atoms with van der Waals surface area (Å²) in [6.07, 6.45) is 1.67. The molecule has 5 atom stereocenters. The molecule has 0 spiro atoms. The molecular weight excluding hydrogens is 288 g/mol. The summed E-state index contributed by atoms with van der Waals surface area (Å²) >= 11 is 0. The standard InChI is InChI=1S/C15H28N2O5/c1-2-3-4-5-6-7-8-16-15-17-10(9-22-15)11(18)12(19)13(20)14(17)21/h10-14,18-21H,2-9H2,1H3/b16-15-/t10-,11-,12+,13-,14+/m1/s1. The van der Waals surface area contributed by atoms with E-state index >= 15 is 0 Å². The van der Waals surface area contributed by atoms with Gasteiger partial charge in [0.05, 0.1) is 6.04 Å². The van der Waals surface area contributed by atoms with Crippen molar-refractivity contribution in [3.63, 3.8) is 0 Å². The third kappa shape index (κ3) is 3.71. The van der Waals surface area contributed by atoms with E-state index in [-0.39, 0.29) is 12.6 Å². The van der Waals surface area contributed by atoms with E-state index in [1.807, 2.05) is 0 Å². The molecule has 2 fully saturated rings. The smallest absolute Gasteiger partial charge is 0.290 e. The number of aliphatic imine (C=N–C) groups is 1. The van der Waals surface area contributed by atoms with Crippen molar-refractivity contribution >= 4 is 6.02 Å². The summed E-state index contributed by atoms with van der Waals surface area (Å²) in [4.78, 5) is 5.70. The molecule has 0 aliphatic carbocycles. The molecule has 7 nitrogen and oxygen atoms in total. The van der Waals surface area contributed by atoms with Crippen LogP contribution in [0, 0.1) is 0 Å². The summed E-state index contributed by atoms with van der Waals surface area (Å²) in [7, 11) is 0. The van der Waals surface area contributed by atoms with Crippen LogP contribution in [0.25, 0.3) is 0 Å². The average Bonchev–Trinajstić information content (AvgIpc) is 2.94. The molecule has 0 amide bonds. The molecule has 0 aromatic carbocycles. The Morgan fingerprint density at radius 2 is 1.68 bits per heavy atom. The van der Waals surface area contributed by atoms with Crippen molar-refractivity contribution in [2.24, 2.45) is 4.99 Å². The van der Waals surface area contributed by atoms with E-state index in [9.17, 15) is 20.4 Å². The van der Waals surface area contributed by atoms with Gasteiger partial charge in [0.25, 0.3) is 6.02 Å². The highest BCUT2D eigenvalue weighted by Crippen LogP contribution is 2.28. The van der Waals surface area contributed by atoms with E-state index in [2.05, 4.69) is 11.9 Å². The highest BCUT2D eigenvalue weighted by molar-refractivity contribution is 5.76. The topological polar surface area (TPSA) is 106 Å². The highest BCUT2D eigenvalue weighted by Gasteiger charge is 2.52. The van der Waals surface area contributed by atoms with E-state index < -0.39 is 30.6 Å². The van der Waals surface area contributed by atoms with Crippen molar-refractivity contribution in [1.82, 2.24) is 4.90 Å². The Bertz CT molecular complexity index is 379. The van der Waals surface area contributed by atoms with E-state index in [4.69, 9.17) is 4.74 Å². The minimum atomic E-state index is -1.44. The number of aliphatic hydroxyl groups excluding tert-OH is 4. The lowest BCUT2D eigenvalue weighted by Gasteiger charge is -2.42. The minimum absolute atomic E-state index is 0.150. The number of ether oxygens (including phenoxy) is 1. The van der Waals surface area contributed by atoms with Crippen LogP contribution in [0.1, 0.15) is 45.4 Å². The summed E-state index contributed by atoms with van der Waals surface area (Å²) < 4.78 is 5.42. The number of hydrogen-bond acceptors (Lipinski definition) is 6. The normalized spacial score (nSPS) is 36.5. The van der Waals surface area contributed by atoms with Crippen LogP contribution in [0.5, 0.6) is 0 Å². The van der Waals surface area contributed by atoms with Crippen LogP contribution in [-0.4, -0.2) is 75.1 Å². The zero-order valence-corrected chi connectivity index (χ0v) is 13.1. The van der Waals surface area contributed by atoms with Crippen LogP contribution in [-0.2, 0) is 4.74 Å². The van der Waals surface area contributed by atoms with Gasteiger partial charge in [-0.25, -0.2) is 4.99 Å².